The van der Waals surface area contributed by atoms with Crippen LogP contribution in [0.2, 0.25) is 0 Å². The molecule has 4 heteroatoms. The van der Waals surface area contributed by atoms with Crippen molar-refractivity contribution in [2.45, 2.75) is 386 Å². The molecule has 0 saturated carbocycles. The average molecular weight is 1110 g/mol. The summed E-state index contributed by atoms with van der Waals surface area (Å²) in [7, 11) is 0. The van der Waals surface area contributed by atoms with E-state index in [9.17, 15) is 15.0 Å². The van der Waals surface area contributed by atoms with Crippen LogP contribution in [0.5, 0.6) is 0 Å². The number of unbranched alkanes of at least 4 members (excludes halogenated alkanes) is 47. The van der Waals surface area contributed by atoms with Gasteiger partial charge in [-0.2, -0.15) is 0 Å². The van der Waals surface area contributed by atoms with Crippen LogP contribution in [0.4, 0.5) is 0 Å². The van der Waals surface area contributed by atoms with Gasteiger partial charge in [-0.05, 0) is 83.5 Å². The summed E-state index contributed by atoms with van der Waals surface area (Å²) in [4.78, 5) is 12.5. The Morgan fingerprint density at radius 3 is 0.875 bits per heavy atom. The van der Waals surface area contributed by atoms with Crippen molar-refractivity contribution in [1.29, 1.82) is 0 Å². The van der Waals surface area contributed by atoms with Gasteiger partial charge >= 0.3 is 0 Å². The molecule has 0 fully saturated rings. The van der Waals surface area contributed by atoms with Crippen molar-refractivity contribution in [2.24, 2.45) is 0 Å². The summed E-state index contributed by atoms with van der Waals surface area (Å²) in [5.74, 6) is -0.0731. The van der Waals surface area contributed by atoms with Crippen molar-refractivity contribution in [3.63, 3.8) is 0 Å². The van der Waals surface area contributed by atoms with Crippen LogP contribution in [0.25, 0.3) is 0 Å². The smallest absolute Gasteiger partial charge is 0.220 e. The monoisotopic (exact) mass is 1110 g/mol. The first kappa shape index (κ1) is 77.6. The predicted octanol–water partition coefficient (Wildman–Crippen LogP) is 24.6. The van der Waals surface area contributed by atoms with E-state index in [2.05, 4.69) is 92.1 Å². The Morgan fingerprint density at radius 1 is 0.312 bits per heavy atom. The third-order valence-corrected chi connectivity index (χ3v) is 16.3. The van der Waals surface area contributed by atoms with Gasteiger partial charge in [0.15, 0.2) is 0 Å². The summed E-state index contributed by atoms with van der Waals surface area (Å²) < 4.78 is 0. The summed E-state index contributed by atoms with van der Waals surface area (Å²) in [6.07, 6.45) is 104. The number of hydrogen-bond donors (Lipinski definition) is 3. The number of carbonyl (C=O) groups excluding carboxylic acids is 1. The van der Waals surface area contributed by atoms with E-state index in [4.69, 9.17) is 0 Å². The lowest BCUT2D eigenvalue weighted by Crippen LogP contribution is -2.45. The number of carbonyl (C=O) groups is 1. The van der Waals surface area contributed by atoms with E-state index in [0.717, 1.165) is 64.2 Å². The van der Waals surface area contributed by atoms with Crippen molar-refractivity contribution in [3.05, 3.63) is 85.1 Å². The van der Waals surface area contributed by atoms with Gasteiger partial charge in [0.2, 0.25) is 5.91 Å². The number of aliphatic hydroxyl groups excluding tert-OH is 2. The molecular weight excluding hydrogens is 975 g/mol. The van der Waals surface area contributed by atoms with Gasteiger partial charge in [-0.3, -0.25) is 4.79 Å². The molecule has 2 atom stereocenters. The van der Waals surface area contributed by atoms with Crippen molar-refractivity contribution in [3.8, 4) is 0 Å². The molecule has 2 unspecified atom stereocenters. The summed E-state index contributed by atoms with van der Waals surface area (Å²) in [6.45, 7) is 4.22. The van der Waals surface area contributed by atoms with Crippen LogP contribution in [0.3, 0.4) is 0 Å². The number of allylic oxidation sites excluding steroid dienone is 13. The topological polar surface area (TPSA) is 69.6 Å². The fourth-order valence-electron chi connectivity index (χ4n) is 11.0. The molecule has 0 heterocycles. The molecule has 80 heavy (non-hydrogen) atoms. The van der Waals surface area contributed by atoms with Gasteiger partial charge in [-0.25, -0.2) is 0 Å². The van der Waals surface area contributed by atoms with Crippen LogP contribution >= 0.6 is 0 Å². The second-order valence-corrected chi connectivity index (χ2v) is 24.3. The number of amides is 1. The van der Waals surface area contributed by atoms with Gasteiger partial charge in [0.1, 0.15) is 0 Å². The van der Waals surface area contributed by atoms with E-state index in [1.807, 2.05) is 6.08 Å². The molecule has 0 rings (SSSR count). The van der Waals surface area contributed by atoms with Crippen molar-refractivity contribution >= 4 is 5.91 Å². The van der Waals surface area contributed by atoms with Gasteiger partial charge < -0.3 is 15.5 Å². The van der Waals surface area contributed by atoms with E-state index < -0.39 is 12.1 Å². The maximum absolute atomic E-state index is 12.5. The summed E-state index contributed by atoms with van der Waals surface area (Å²) >= 11 is 0. The molecule has 0 aromatic heterocycles. The molecule has 0 aliphatic rings. The third-order valence-electron chi connectivity index (χ3n) is 16.3. The second kappa shape index (κ2) is 70.8. The highest BCUT2D eigenvalue weighted by atomic mass is 16.3. The Kier molecular flexibility index (Phi) is 68.7. The first-order valence-corrected chi connectivity index (χ1v) is 35.8. The third kappa shape index (κ3) is 66.4. The van der Waals surface area contributed by atoms with Gasteiger partial charge in [0.25, 0.3) is 0 Å². The second-order valence-electron chi connectivity index (χ2n) is 24.3. The Labute approximate surface area is 501 Å². The predicted molar refractivity (Wildman–Crippen MR) is 359 cm³/mol. The number of rotatable bonds is 66. The maximum atomic E-state index is 12.5. The molecule has 0 aromatic carbocycles. The van der Waals surface area contributed by atoms with E-state index >= 15 is 0 Å². The molecule has 3 N–H and O–H groups in total. The van der Waals surface area contributed by atoms with Crippen molar-refractivity contribution in [2.75, 3.05) is 6.61 Å². The zero-order valence-corrected chi connectivity index (χ0v) is 53.8. The number of nitrogens with one attached hydrogen (secondary N) is 1. The lowest BCUT2D eigenvalue weighted by molar-refractivity contribution is -0.123. The minimum atomic E-state index is -0.874. The van der Waals surface area contributed by atoms with Crippen LogP contribution in [0.1, 0.15) is 373 Å². The summed E-state index contributed by atoms with van der Waals surface area (Å²) in [5, 5.41) is 23.3. The van der Waals surface area contributed by atoms with Gasteiger partial charge in [-0.1, -0.05) is 369 Å². The number of aliphatic hydroxyl groups is 2. The Morgan fingerprint density at radius 2 is 0.562 bits per heavy atom. The lowest BCUT2D eigenvalue weighted by Gasteiger charge is -2.19. The molecule has 466 valence electrons. The largest absolute Gasteiger partial charge is 0.394 e. The molecule has 0 saturated heterocycles. The zero-order valence-electron chi connectivity index (χ0n) is 53.8. The highest BCUT2D eigenvalue weighted by molar-refractivity contribution is 5.76. The first-order valence-electron chi connectivity index (χ1n) is 35.8. The summed E-state index contributed by atoms with van der Waals surface area (Å²) in [6, 6.07) is -0.650. The van der Waals surface area contributed by atoms with Gasteiger partial charge in [0, 0.05) is 6.42 Å². The Hall–Kier alpha value is -2.43. The van der Waals surface area contributed by atoms with E-state index in [0.29, 0.717) is 6.42 Å². The average Bonchev–Trinajstić information content (AvgIpc) is 3.46. The van der Waals surface area contributed by atoms with Crippen LogP contribution < -0.4 is 5.32 Å². The fourth-order valence-corrected chi connectivity index (χ4v) is 11.0. The molecule has 0 bridgehead atoms. The van der Waals surface area contributed by atoms with E-state index in [-0.39, 0.29) is 12.5 Å². The number of hydrogen-bond acceptors (Lipinski definition) is 3. The summed E-state index contributed by atoms with van der Waals surface area (Å²) in [5.41, 5.74) is 0. The zero-order chi connectivity index (χ0) is 57.6. The minimum absolute atomic E-state index is 0.0731. The first-order chi connectivity index (χ1) is 39.7. The molecule has 0 aliphatic carbocycles. The fraction of sp³-hybridized carbons (Fsp3) is 0.803. The van der Waals surface area contributed by atoms with Gasteiger partial charge in [-0.15, -0.1) is 0 Å². The van der Waals surface area contributed by atoms with E-state index in [1.54, 1.807) is 6.08 Å². The minimum Gasteiger partial charge on any atom is -0.394 e. The highest BCUT2D eigenvalue weighted by Crippen LogP contribution is 2.19. The van der Waals surface area contributed by atoms with Crippen LogP contribution in [0.15, 0.2) is 85.1 Å². The van der Waals surface area contributed by atoms with Crippen molar-refractivity contribution < 1.29 is 15.0 Å². The maximum Gasteiger partial charge on any atom is 0.220 e. The SMILES string of the molecule is CC/C=C\C/C=C\C/C=C\C/C=C\CCCCCCCCCCCCCCCCCCCCCCCCC(=O)NC(CO)C(O)/C=C/CC/C=C/CC/C=C/CCCCCCCCCCCCCCCCCCCCCCCCC. The molecule has 0 aliphatic heterocycles. The molecule has 4 nitrogen and oxygen atoms in total. The van der Waals surface area contributed by atoms with Gasteiger partial charge in [0.05, 0.1) is 18.8 Å². The Balaban J connectivity index is 3.48. The lowest BCUT2D eigenvalue weighted by atomic mass is 10.0. The molecule has 0 radical (unpaired) electrons. The van der Waals surface area contributed by atoms with Crippen molar-refractivity contribution in [1.82, 2.24) is 5.32 Å². The normalized spacial score (nSPS) is 13.2. The standard InChI is InChI=1S/C76H139NO3/c1-3-5-7-9-11-13-15-17-19-21-23-25-27-29-31-33-35-37-38-40-42-44-46-48-50-52-54-56-58-60-62-64-66-68-70-72-76(80)77-74(73-78)75(79)71-69-67-65-63-61-59-57-55-53-51-49-47-45-43-41-39-36-34-32-30-28-26-24-22-20-18-16-14-12-10-8-6-4-2/h5,7,11,13,17,19,23,25,53,55,61,63,69,71,74-75,78-79H,3-4,6,8-10,12,14-16,18,20-22,24,26-52,54,56-60,62,64-68,70,72-73H2,1-2H3,(H,77,80)/b7-5-,13-11-,19-17-,25-23-,55-53+,63-61+,71-69+. The quantitative estimate of drug-likeness (QED) is 0.0420. The van der Waals surface area contributed by atoms with Crippen LogP contribution in [0, 0.1) is 0 Å². The van der Waals surface area contributed by atoms with Crippen LogP contribution in [-0.2, 0) is 4.79 Å². The molecule has 0 spiro atoms. The molecule has 1 amide bonds. The van der Waals surface area contributed by atoms with Crippen LogP contribution in [-0.4, -0.2) is 34.9 Å². The highest BCUT2D eigenvalue weighted by Gasteiger charge is 2.18. The molecular formula is C76H139NO3. The molecule has 0 aromatic rings. The van der Waals surface area contributed by atoms with E-state index in [1.165, 1.54) is 289 Å². The Bertz CT molecular complexity index is 1400.